The maximum Gasteiger partial charge on any atom is 0.144 e. The number of aromatic nitrogens is 2. The van der Waals surface area contributed by atoms with Crippen LogP contribution in [-0.4, -0.2) is 22.3 Å². The van der Waals surface area contributed by atoms with Crippen LogP contribution in [0.15, 0.2) is 46.7 Å². The van der Waals surface area contributed by atoms with E-state index in [1.54, 1.807) is 0 Å². The quantitative estimate of drug-likeness (QED) is 0.525. The van der Waals surface area contributed by atoms with E-state index in [1.807, 2.05) is 31.3 Å². The molecule has 0 fully saturated rings. The average Bonchev–Trinajstić information content (AvgIpc) is 3.36. The summed E-state index contributed by atoms with van der Waals surface area (Å²) in [6, 6.07) is 6.09. The van der Waals surface area contributed by atoms with Gasteiger partial charge < -0.3 is 14.7 Å². The molecule has 0 saturated heterocycles. The summed E-state index contributed by atoms with van der Waals surface area (Å²) in [5.74, 6) is 0.866. The van der Waals surface area contributed by atoms with Crippen LogP contribution >= 0.6 is 0 Å². The molecule has 1 aliphatic rings. The Balaban J connectivity index is 1.87. The lowest BCUT2D eigenvalue weighted by molar-refractivity contribution is 0.340. The predicted molar refractivity (Wildman–Crippen MR) is 110 cm³/mol. The number of nitrogens with one attached hydrogen (secondary N) is 2. The number of aliphatic imine (C=N–C) groups is 1. The number of hydrogen-bond acceptors (Lipinski definition) is 2. The van der Waals surface area contributed by atoms with E-state index in [0.29, 0.717) is 6.61 Å². The van der Waals surface area contributed by atoms with E-state index in [2.05, 4.69) is 36.0 Å². The lowest BCUT2D eigenvalue weighted by Crippen LogP contribution is -1.97. The average molecular weight is 351 g/mol. The Hall–Kier alpha value is -2.49. The summed E-state index contributed by atoms with van der Waals surface area (Å²) in [6.07, 6.45) is 12.1. The third kappa shape index (κ3) is 4.18. The maximum absolute atomic E-state index is 5.83. The van der Waals surface area contributed by atoms with Gasteiger partial charge in [0.25, 0.3) is 0 Å². The number of rotatable bonds is 9. The van der Waals surface area contributed by atoms with E-state index in [4.69, 9.17) is 9.73 Å². The van der Waals surface area contributed by atoms with Crippen LogP contribution in [-0.2, 0) is 0 Å². The van der Waals surface area contributed by atoms with E-state index < -0.39 is 0 Å². The second kappa shape index (κ2) is 8.75. The van der Waals surface area contributed by atoms with Crippen LogP contribution in [0.5, 0.6) is 5.75 Å². The van der Waals surface area contributed by atoms with Crippen LogP contribution in [0, 0.1) is 0 Å². The Labute approximate surface area is 156 Å². The summed E-state index contributed by atoms with van der Waals surface area (Å²) in [5.41, 5.74) is 6.67. The monoisotopic (exact) mass is 351 g/mol. The highest BCUT2D eigenvalue weighted by atomic mass is 16.5. The normalized spacial score (nSPS) is 15.4. The number of unbranched alkanes of at least 4 members (excludes halogenated alkanes) is 2. The molecule has 0 unspecified atom stereocenters. The summed E-state index contributed by atoms with van der Waals surface area (Å²) in [4.78, 5) is 11.5. The fourth-order valence-electron chi connectivity index (χ4n) is 3.31. The Morgan fingerprint density at radius 1 is 1.15 bits per heavy atom. The molecular weight excluding hydrogens is 322 g/mol. The Morgan fingerprint density at radius 2 is 2.04 bits per heavy atom. The number of ether oxygens (including phenoxy) is 1. The van der Waals surface area contributed by atoms with Crippen LogP contribution in [0.25, 0.3) is 17.5 Å². The molecule has 1 aliphatic heterocycles. The van der Waals surface area contributed by atoms with Crippen molar-refractivity contribution in [2.24, 2.45) is 4.99 Å². The second-order valence-corrected chi connectivity index (χ2v) is 6.59. The first-order valence-electron chi connectivity index (χ1n) is 9.74. The summed E-state index contributed by atoms with van der Waals surface area (Å²) in [5, 5.41) is 0. The topological polar surface area (TPSA) is 53.2 Å². The van der Waals surface area contributed by atoms with Crippen molar-refractivity contribution in [3.63, 3.8) is 0 Å². The van der Waals surface area contributed by atoms with Gasteiger partial charge in [0, 0.05) is 18.0 Å². The van der Waals surface area contributed by atoms with Gasteiger partial charge in [-0.1, -0.05) is 26.7 Å². The predicted octanol–water partition coefficient (Wildman–Crippen LogP) is 6.12. The number of H-pyrrole nitrogens is 2. The van der Waals surface area contributed by atoms with Gasteiger partial charge in [-0.2, -0.15) is 0 Å². The standard InChI is InChI=1S/C22H29N3O/c1-4-7-8-10-16-13-17(24-18(16)5-2)14-21-22(26-6-3)15-20(25-21)19-11-9-12-23-19/h9,11-15,23,25H,4-8,10H2,1-3H3/b17-14-. The van der Waals surface area contributed by atoms with Crippen LogP contribution < -0.4 is 4.74 Å². The lowest BCUT2D eigenvalue weighted by Gasteiger charge is -2.02. The number of aromatic amines is 2. The molecule has 3 rings (SSSR count). The van der Waals surface area contributed by atoms with E-state index in [9.17, 15) is 0 Å². The molecule has 3 heterocycles. The number of nitrogens with zero attached hydrogens (tertiary/aromatic N) is 1. The van der Waals surface area contributed by atoms with Gasteiger partial charge >= 0.3 is 0 Å². The van der Waals surface area contributed by atoms with Crippen molar-refractivity contribution < 1.29 is 4.74 Å². The van der Waals surface area contributed by atoms with Gasteiger partial charge in [0.1, 0.15) is 5.75 Å². The number of allylic oxidation sites excluding steroid dienone is 2. The van der Waals surface area contributed by atoms with Crippen molar-refractivity contribution in [2.75, 3.05) is 6.61 Å². The lowest BCUT2D eigenvalue weighted by atomic mass is 10.0. The molecule has 4 heteroatoms. The first-order chi connectivity index (χ1) is 12.7. The Bertz CT molecular complexity index is 807. The first-order valence-corrected chi connectivity index (χ1v) is 9.74. The maximum atomic E-state index is 5.83. The summed E-state index contributed by atoms with van der Waals surface area (Å²) >= 11 is 0. The third-order valence-corrected chi connectivity index (χ3v) is 4.63. The third-order valence-electron chi connectivity index (χ3n) is 4.63. The zero-order valence-electron chi connectivity index (χ0n) is 16.1. The van der Waals surface area contributed by atoms with Crippen LogP contribution in [0.1, 0.15) is 58.6 Å². The molecule has 26 heavy (non-hydrogen) atoms. The highest BCUT2D eigenvalue weighted by Crippen LogP contribution is 2.31. The minimum Gasteiger partial charge on any atom is -0.492 e. The molecule has 2 aromatic rings. The number of hydrogen-bond donors (Lipinski definition) is 2. The molecule has 0 bridgehead atoms. The van der Waals surface area contributed by atoms with Gasteiger partial charge in [-0.25, -0.2) is 0 Å². The van der Waals surface area contributed by atoms with Crippen molar-refractivity contribution >= 4 is 11.8 Å². The fraction of sp³-hybridized carbons (Fsp3) is 0.409. The largest absolute Gasteiger partial charge is 0.492 e. The van der Waals surface area contributed by atoms with Gasteiger partial charge in [0.15, 0.2) is 0 Å². The Kier molecular flexibility index (Phi) is 6.16. The molecule has 2 N–H and O–H groups in total. The van der Waals surface area contributed by atoms with Gasteiger partial charge in [-0.05, 0) is 56.0 Å². The summed E-state index contributed by atoms with van der Waals surface area (Å²) in [7, 11) is 0. The van der Waals surface area contributed by atoms with Crippen molar-refractivity contribution in [2.45, 2.75) is 52.9 Å². The molecule has 0 aromatic carbocycles. The molecule has 0 saturated carbocycles. The Morgan fingerprint density at radius 3 is 2.73 bits per heavy atom. The van der Waals surface area contributed by atoms with E-state index >= 15 is 0 Å². The molecule has 4 nitrogen and oxygen atoms in total. The minimum atomic E-state index is 0.639. The van der Waals surface area contributed by atoms with E-state index in [-0.39, 0.29) is 0 Å². The van der Waals surface area contributed by atoms with Crippen molar-refractivity contribution in [1.29, 1.82) is 0 Å². The minimum absolute atomic E-state index is 0.639. The SMILES string of the molecule is CCCCCC1=C/C(=C/c2[nH]c(-c3ccc[nH]3)cc2OCC)N=C1CC. The molecule has 138 valence electrons. The van der Waals surface area contributed by atoms with E-state index in [1.165, 1.54) is 30.5 Å². The van der Waals surface area contributed by atoms with Crippen LogP contribution in [0.2, 0.25) is 0 Å². The zero-order chi connectivity index (χ0) is 18.4. The first kappa shape index (κ1) is 18.3. The van der Waals surface area contributed by atoms with Gasteiger partial charge in [-0.3, -0.25) is 4.99 Å². The molecule has 0 atom stereocenters. The molecule has 0 aliphatic carbocycles. The molecule has 0 spiro atoms. The zero-order valence-corrected chi connectivity index (χ0v) is 16.1. The highest BCUT2D eigenvalue weighted by Gasteiger charge is 2.15. The highest BCUT2D eigenvalue weighted by molar-refractivity contribution is 6.04. The molecule has 0 radical (unpaired) electrons. The fourth-order valence-corrected chi connectivity index (χ4v) is 3.31. The van der Waals surface area contributed by atoms with E-state index in [0.717, 1.165) is 41.4 Å². The van der Waals surface area contributed by atoms with Crippen LogP contribution in [0.3, 0.4) is 0 Å². The van der Waals surface area contributed by atoms with Gasteiger partial charge in [0.05, 0.1) is 29.4 Å². The molecule has 0 amide bonds. The molecular formula is C22H29N3O. The van der Waals surface area contributed by atoms with Crippen molar-refractivity contribution in [1.82, 2.24) is 9.97 Å². The van der Waals surface area contributed by atoms with Crippen molar-refractivity contribution in [3.05, 3.63) is 47.4 Å². The molecule has 2 aromatic heterocycles. The summed E-state index contributed by atoms with van der Waals surface area (Å²) < 4.78 is 5.83. The smallest absolute Gasteiger partial charge is 0.144 e. The summed E-state index contributed by atoms with van der Waals surface area (Å²) in [6.45, 7) is 7.07. The van der Waals surface area contributed by atoms with Crippen molar-refractivity contribution in [3.8, 4) is 17.1 Å². The van der Waals surface area contributed by atoms with Gasteiger partial charge in [0.2, 0.25) is 0 Å². The van der Waals surface area contributed by atoms with Gasteiger partial charge in [-0.15, -0.1) is 0 Å². The second-order valence-electron chi connectivity index (χ2n) is 6.59. The van der Waals surface area contributed by atoms with Crippen LogP contribution in [0.4, 0.5) is 0 Å².